The van der Waals surface area contributed by atoms with E-state index in [0.29, 0.717) is 0 Å². The maximum absolute atomic E-state index is 12.0. The monoisotopic (exact) mass is 304 g/mol. The Morgan fingerprint density at radius 3 is 2.77 bits per heavy atom. The zero-order valence-electron chi connectivity index (χ0n) is 12.6. The summed E-state index contributed by atoms with van der Waals surface area (Å²) in [6.07, 6.45) is 2.01. The van der Waals surface area contributed by atoms with Gasteiger partial charge in [-0.15, -0.1) is 0 Å². The summed E-state index contributed by atoms with van der Waals surface area (Å²) in [5.41, 5.74) is 1.81. The number of aromatic nitrogens is 1. The van der Waals surface area contributed by atoms with Crippen LogP contribution in [0.15, 0.2) is 30.5 Å². The Bertz CT molecular complexity index is 665. The summed E-state index contributed by atoms with van der Waals surface area (Å²) < 4.78 is 4.92. The second kappa shape index (κ2) is 7.09. The van der Waals surface area contributed by atoms with Crippen LogP contribution >= 0.6 is 0 Å². The number of hydrogen-bond acceptors (Lipinski definition) is 3. The lowest BCUT2D eigenvalue weighted by molar-refractivity contribution is -0.142. The fraction of sp³-hybridized carbons (Fsp3) is 0.375. The number of fused-ring (bicyclic) bond motifs is 1. The summed E-state index contributed by atoms with van der Waals surface area (Å²) in [6, 6.07) is 6.69. The van der Waals surface area contributed by atoms with Crippen molar-refractivity contribution in [3.8, 4) is 0 Å². The molecular weight excluding hydrogens is 284 g/mol. The number of aromatic amines is 1. The Balaban J connectivity index is 2.12. The minimum Gasteiger partial charge on any atom is -0.480 e. The van der Waals surface area contributed by atoms with Crippen LogP contribution in [0.5, 0.6) is 0 Å². The minimum atomic E-state index is -1.05. The highest BCUT2D eigenvalue weighted by atomic mass is 16.5. The molecule has 3 N–H and O–H groups in total. The molecule has 2 rings (SSSR count). The smallest absolute Gasteiger partial charge is 0.326 e. The van der Waals surface area contributed by atoms with Crippen LogP contribution in [0, 0.1) is 5.92 Å². The Kier molecular flexibility index (Phi) is 5.16. The van der Waals surface area contributed by atoms with E-state index in [4.69, 9.17) is 4.74 Å². The van der Waals surface area contributed by atoms with Gasteiger partial charge < -0.3 is 20.1 Å². The molecule has 2 aromatic rings. The molecule has 2 unspecified atom stereocenters. The van der Waals surface area contributed by atoms with Crippen molar-refractivity contribution in [2.45, 2.75) is 19.4 Å². The molecule has 0 saturated carbocycles. The molecule has 0 aliphatic heterocycles. The summed E-state index contributed by atoms with van der Waals surface area (Å²) >= 11 is 0. The van der Waals surface area contributed by atoms with E-state index in [9.17, 15) is 14.7 Å². The van der Waals surface area contributed by atoms with Gasteiger partial charge in [0.25, 0.3) is 0 Å². The fourth-order valence-electron chi connectivity index (χ4n) is 2.36. The summed E-state index contributed by atoms with van der Waals surface area (Å²) in [5.74, 6) is -1.77. The van der Waals surface area contributed by atoms with Crippen molar-refractivity contribution in [2.24, 2.45) is 5.92 Å². The predicted octanol–water partition coefficient (Wildman–Crippen LogP) is 1.56. The zero-order chi connectivity index (χ0) is 16.1. The van der Waals surface area contributed by atoms with Crippen molar-refractivity contribution in [2.75, 3.05) is 13.7 Å². The summed E-state index contributed by atoms with van der Waals surface area (Å²) in [6.45, 7) is 1.95. The molecule has 0 spiro atoms. The average molecular weight is 304 g/mol. The molecule has 0 bridgehead atoms. The van der Waals surface area contributed by atoms with Gasteiger partial charge in [0.1, 0.15) is 6.04 Å². The first kappa shape index (κ1) is 16.0. The SMILES string of the molecule is COCC(C)C(=O)NC(Cc1c[nH]c2ccccc12)C(=O)O. The normalized spacial score (nSPS) is 13.7. The highest BCUT2D eigenvalue weighted by Crippen LogP contribution is 2.19. The third-order valence-corrected chi connectivity index (χ3v) is 3.58. The number of carbonyl (C=O) groups excluding carboxylic acids is 1. The number of ether oxygens (including phenoxy) is 1. The predicted molar refractivity (Wildman–Crippen MR) is 82.6 cm³/mol. The highest BCUT2D eigenvalue weighted by Gasteiger charge is 2.24. The number of nitrogens with one attached hydrogen (secondary N) is 2. The number of benzene rings is 1. The number of H-pyrrole nitrogens is 1. The van der Waals surface area contributed by atoms with E-state index in [1.165, 1.54) is 7.11 Å². The summed E-state index contributed by atoms with van der Waals surface area (Å²) in [7, 11) is 1.50. The molecule has 22 heavy (non-hydrogen) atoms. The first-order valence-corrected chi connectivity index (χ1v) is 7.10. The number of carbonyl (C=O) groups is 2. The average Bonchev–Trinajstić information content (AvgIpc) is 2.90. The molecule has 1 aromatic carbocycles. The van der Waals surface area contributed by atoms with E-state index in [2.05, 4.69) is 10.3 Å². The van der Waals surface area contributed by atoms with Crippen LogP contribution in [0.4, 0.5) is 0 Å². The lowest BCUT2D eigenvalue weighted by Gasteiger charge is -2.17. The number of amides is 1. The quantitative estimate of drug-likeness (QED) is 0.724. The van der Waals surface area contributed by atoms with Crippen LogP contribution in [-0.2, 0) is 20.7 Å². The zero-order valence-corrected chi connectivity index (χ0v) is 12.6. The number of hydrogen-bond donors (Lipinski definition) is 3. The fourth-order valence-corrected chi connectivity index (χ4v) is 2.36. The van der Waals surface area contributed by atoms with Crippen molar-refractivity contribution in [1.29, 1.82) is 0 Å². The number of aliphatic carboxylic acids is 1. The molecule has 1 amide bonds. The maximum Gasteiger partial charge on any atom is 0.326 e. The molecule has 0 saturated heterocycles. The van der Waals surface area contributed by atoms with E-state index in [1.807, 2.05) is 24.3 Å². The van der Waals surface area contributed by atoms with E-state index in [0.717, 1.165) is 16.5 Å². The number of para-hydroxylation sites is 1. The third-order valence-electron chi connectivity index (χ3n) is 3.58. The number of methoxy groups -OCH3 is 1. The van der Waals surface area contributed by atoms with Gasteiger partial charge in [-0.3, -0.25) is 4.79 Å². The molecule has 0 aliphatic carbocycles. The molecule has 2 atom stereocenters. The lowest BCUT2D eigenvalue weighted by atomic mass is 10.0. The van der Waals surface area contributed by atoms with Gasteiger partial charge in [-0.25, -0.2) is 4.79 Å². The third kappa shape index (κ3) is 3.65. The van der Waals surface area contributed by atoms with Gasteiger partial charge in [0.2, 0.25) is 5.91 Å². The Morgan fingerprint density at radius 1 is 1.36 bits per heavy atom. The van der Waals surface area contributed by atoms with Crippen LogP contribution in [0.2, 0.25) is 0 Å². The van der Waals surface area contributed by atoms with Gasteiger partial charge in [0, 0.05) is 30.6 Å². The number of rotatable bonds is 7. The van der Waals surface area contributed by atoms with E-state index in [-0.39, 0.29) is 18.9 Å². The molecule has 0 aliphatic rings. The maximum atomic E-state index is 12.0. The second-order valence-corrected chi connectivity index (χ2v) is 5.32. The summed E-state index contributed by atoms with van der Waals surface area (Å²) in [5, 5.41) is 12.9. The van der Waals surface area contributed by atoms with Crippen molar-refractivity contribution in [3.05, 3.63) is 36.0 Å². The largest absolute Gasteiger partial charge is 0.480 e. The van der Waals surface area contributed by atoms with Crippen molar-refractivity contribution in [3.63, 3.8) is 0 Å². The highest BCUT2D eigenvalue weighted by molar-refractivity contribution is 5.87. The molecule has 1 heterocycles. The molecule has 6 nitrogen and oxygen atoms in total. The summed E-state index contributed by atoms with van der Waals surface area (Å²) in [4.78, 5) is 26.5. The molecule has 0 fully saturated rings. The van der Waals surface area contributed by atoms with Gasteiger partial charge >= 0.3 is 5.97 Å². The molecule has 1 aromatic heterocycles. The molecular formula is C16H20N2O4. The minimum absolute atomic E-state index is 0.227. The number of carboxylic acid groups (broad SMARTS) is 1. The van der Waals surface area contributed by atoms with E-state index in [1.54, 1.807) is 13.1 Å². The Morgan fingerprint density at radius 2 is 2.09 bits per heavy atom. The van der Waals surface area contributed by atoms with E-state index < -0.39 is 17.9 Å². The van der Waals surface area contributed by atoms with Crippen LogP contribution in [0.25, 0.3) is 10.9 Å². The van der Waals surface area contributed by atoms with Crippen LogP contribution in [0.3, 0.4) is 0 Å². The van der Waals surface area contributed by atoms with Gasteiger partial charge in [0.15, 0.2) is 0 Å². The first-order valence-electron chi connectivity index (χ1n) is 7.10. The lowest BCUT2D eigenvalue weighted by Crippen LogP contribution is -2.45. The van der Waals surface area contributed by atoms with Crippen molar-refractivity contribution < 1.29 is 19.4 Å². The van der Waals surface area contributed by atoms with Crippen molar-refractivity contribution in [1.82, 2.24) is 10.3 Å². The van der Waals surface area contributed by atoms with Gasteiger partial charge in [-0.1, -0.05) is 25.1 Å². The van der Waals surface area contributed by atoms with E-state index >= 15 is 0 Å². The number of carboxylic acids is 1. The Labute approximate surface area is 128 Å². The first-order chi connectivity index (χ1) is 10.5. The topological polar surface area (TPSA) is 91.4 Å². The van der Waals surface area contributed by atoms with Crippen LogP contribution in [0.1, 0.15) is 12.5 Å². The van der Waals surface area contributed by atoms with Crippen molar-refractivity contribution >= 4 is 22.8 Å². The molecule has 118 valence electrons. The van der Waals surface area contributed by atoms with Gasteiger partial charge in [-0.05, 0) is 11.6 Å². The standard InChI is InChI=1S/C16H20N2O4/c1-10(9-22-2)15(19)18-14(16(20)21)7-11-8-17-13-6-4-3-5-12(11)13/h3-6,8,10,14,17H,7,9H2,1-2H3,(H,18,19)(H,20,21). The van der Waals surface area contributed by atoms with Crippen LogP contribution < -0.4 is 5.32 Å². The van der Waals surface area contributed by atoms with Crippen LogP contribution in [-0.4, -0.2) is 41.7 Å². The Hall–Kier alpha value is -2.34. The van der Waals surface area contributed by atoms with Gasteiger partial charge in [0.05, 0.1) is 12.5 Å². The molecule has 0 radical (unpaired) electrons. The van der Waals surface area contributed by atoms with Gasteiger partial charge in [-0.2, -0.15) is 0 Å². The molecule has 6 heteroatoms. The second-order valence-electron chi connectivity index (χ2n) is 5.32.